The normalized spacial score (nSPS) is 14.5. The minimum Gasteiger partial charge on any atom is -0.373 e. The Hall–Kier alpha value is -2.35. The van der Waals surface area contributed by atoms with Crippen molar-refractivity contribution in [3.05, 3.63) is 47.5 Å². The Labute approximate surface area is 181 Å². The second-order valence-corrected chi connectivity index (χ2v) is 10.6. The van der Waals surface area contributed by atoms with Crippen LogP contribution in [-0.2, 0) is 24.7 Å². The Morgan fingerprint density at radius 3 is 2.13 bits per heavy atom. The van der Waals surface area contributed by atoms with Crippen molar-refractivity contribution in [3.63, 3.8) is 0 Å². The number of nitrogens with one attached hydrogen (secondary N) is 2. The van der Waals surface area contributed by atoms with E-state index >= 15 is 0 Å². The summed E-state index contributed by atoms with van der Waals surface area (Å²) in [7, 11) is -8.12. The number of rotatable bonds is 6. The third-order valence-electron chi connectivity index (χ3n) is 3.97. The van der Waals surface area contributed by atoms with Gasteiger partial charge in [0.2, 0.25) is 25.5 Å². The molecule has 0 aliphatic heterocycles. The molecule has 31 heavy (non-hydrogen) atoms. The van der Waals surface area contributed by atoms with Gasteiger partial charge in [-0.2, -0.15) is 13.2 Å². The molecule has 0 bridgehead atoms. The Morgan fingerprint density at radius 1 is 1.03 bits per heavy atom. The number of hydrogen-bond donors (Lipinski definition) is 3. The van der Waals surface area contributed by atoms with Crippen LogP contribution in [0.15, 0.2) is 52.3 Å². The van der Waals surface area contributed by atoms with Crippen LogP contribution in [0.25, 0.3) is 0 Å². The number of para-hydroxylation sites is 1. The first-order valence-corrected chi connectivity index (χ1v) is 11.9. The highest BCUT2D eigenvalue weighted by molar-refractivity contribution is 7.93. The first-order valence-electron chi connectivity index (χ1n) is 8.19. The maximum Gasteiger partial charge on any atom is 0.426 e. The number of alkyl halides is 3. The van der Waals surface area contributed by atoms with Crippen LogP contribution in [0.3, 0.4) is 0 Å². The second kappa shape index (κ2) is 8.30. The number of aliphatic hydroxyl groups is 1. The number of benzene rings is 2. The van der Waals surface area contributed by atoms with Crippen LogP contribution < -0.4 is 10.0 Å². The molecule has 0 saturated carbocycles. The molecule has 0 aliphatic carbocycles. The number of sulfonamides is 1. The van der Waals surface area contributed by atoms with Crippen molar-refractivity contribution in [1.82, 2.24) is 0 Å². The predicted molar refractivity (Wildman–Crippen MR) is 107 cm³/mol. The third kappa shape index (κ3) is 5.47. The minimum atomic E-state index is -5.26. The summed E-state index contributed by atoms with van der Waals surface area (Å²) in [5.74, 6) is -1.82. The second-order valence-electron chi connectivity index (χ2n) is 6.54. The van der Waals surface area contributed by atoms with Crippen LogP contribution in [0.1, 0.15) is 6.92 Å². The number of hydrogen-bond acceptors (Lipinski definition) is 6. The Bertz CT molecular complexity index is 1230. The average Bonchev–Trinajstić information content (AvgIpc) is 2.61. The molecule has 0 aromatic heterocycles. The Balaban J connectivity index is 2.43. The molecule has 2 aromatic carbocycles. The molecule has 3 N–H and O–H groups in total. The van der Waals surface area contributed by atoms with Crippen LogP contribution >= 0.6 is 11.6 Å². The highest BCUT2D eigenvalue weighted by Crippen LogP contribution is 2.34. The zero-order valence-corrected chi connectivity index (χ0v) is 18.2. The fourth-order valence-corrected chi connectivity index (χ4v) is 4.62. The van der Waals surface area contributed by atoms with Crippen molar-refractivity contribution in [1.29, 1.82) is 0 Å². The molecular weight excluding hydrogens is 485 g/mol. The van der Waals surface area contributed by atoms with Gasteiger partial charge in [-0.3, -0.25) is 9.52 Å². The molecule has 0 aliphatic rings. The van der Waals surface area contributed by atoms with E-state index in [0.29, 0.717) is 0 Å². The zero-order chi connectivity index (χ0) is 23.8. The molecule has 2 aromatic rings. The number of carbonyl (C=O) groups is 1. The van der Waals surface area contributed by atoms with E-state index in [1.165, 1.54) is 18.2 Å². The quantitative estimate of drug-likeness (QED) is 0.559. The van der Waals surface area contributed by atoms with Crippen molar-refractivity contribution in [3.8, 4) is 0 Å². The molecule has 0 fully saturated rings. The van der Waals surface area contributed by atoms with E-state index in [4.69, 9.17) is 11.6 Å². The summed E-state index contributed by atoms with van der Waals surface area (Å²) < 4.78 is 89.3. The van der Waals surface area contributed by atoms with Crippen molar-refractivity contribution in [2.45, 2.75) is 28.5 Å². The average molecular weight is 501 g/mol. The topological polar surface area (TPSA) is 130 Å². The molecule has 0 saturated heterocycles. The number of sulfone groups is 1. The molecule has 8 nitrogen and oxygen atoms in total. The molecule has 0 unspecified atom stereocenters. The molecular formula is C17H16ClF3N2O6S2. The standard InChI is InChI=1S/C17H16ClF3N2O6S2/c1-16(25,17(19,20)21)15(24)22-12-8-7-10(9-11(12)18)31(28,29)14-6-4-3-5-13(14)23-30(2,26)27/h3-9,23,25H,1-2H3,(H,22,24)/t16-/m1/s1. The van der Waals surface area contributed by atoms with E-state index in [0.717, 1.165) is 30.5 Å². The van der Waals surface area contributed by atoms with Gasteiger partial charge in [0.1, 0.15) is 0 Å². The maximum absolute atomic E-state index is 12.9. The van der Waals surface area contributed by atoms with Gasteiger partial charge < -0.3 is 10.4 Å². The van der Waals surface area contributed by atoms with Gasteiger partial charge in [0.25, 0.3) is 5.91 Å². The van der Waals surface area contributed by atoms with Crippen LogP contribution in [0.2, 0.25) is 5.02 Å². The molecule has 2 rings (SSSR count). The van der Waals surface area contributed by atoms with Crippen molar-refractivity contribution < 1.29 is 39.9 Å². The molecule has 0 spiro atoms. The zero-order valence-electron chi connectivity index (χ0n) is 15.9. The van der Waals surface area contributed by atoms with E-state index in [2.05, 4.69) is 4.72 Å². The fraction of sp³-hybridized carbons (Fsp3) is 0.235. The molecule has 170 valence electrons. The number of anilines is 2. The first kappa shape index (κ1) is 24.9. The number of carbonyl (C=O) groups excluding carboxylic acids is 1. The summed E-state index contributed by atoms with van der Waals surface area (Å²) >= 11 is 5.92. The lowest BCUT2D eigenvalue weighted by molar-refractivity contribution is -0.242. The van der Waals surface area contributed by atoms with Gasteiger partial charge in [0, 0.05) is 0 Å². The highest BCUT2D eigenvalue weighted by Gasteiger charge is 2.55. The summed E-state index contributed by atoms with van der Waals surface area (Å²) in [6, 6.07) is 7.89. The molecule has 1 atom stereocenters. The van der Waals surface area contributed by atoms with E-state index in [9.17, 15) is 39.9 Å². The summed E-state index contributed by atoms with van der Waals surface area (Å²) in [6.07, 6.45) is -4.43. The van der Waals surface area contributed by atoms with Gasteiger partial charge in [0.05, 0.1) is 32.4 Å². The Morgan fingerprint density at radius 2 is 1.61 bits per heavy atom. The fourth-order valence-electron chi connectivity index (χ4n) is 2.25. The summed E-state index contributed by atoms with van der Waals surface area (Å²) in [4.78, 5) is 11.0. The van der Waals surface area contributed by atoms with E-state index in [1.807, 2.05) is 0 Å². The molecule has 1 amide bonds. The molecule has 0 heterocycles. The van der Waals surface area contributed by atoms with Crippen LogP contribution in [0.5, 0.6) is 0 Å². The van der Waals surface area contributed by atoms with Crippen molar-refractivity contribution in [2.24, 2.45) is 0 Å². The van der Waals surface area contributed by atoms with Gasteiger partial charge in [-0.15, -0.1) is 0 Å². The largest absolute Gasteiger partial charge is 0.426 e. The first-order chi connectivity index (χ1) is 14.0. The highest BCUT2D eigenvalue weighted by atomic mass is 35.5. The molecule has 14 heteroatoms. The number of halogens is 4. The number of amides is 1. The van der Waals surface area contributed by atoms with Crippen LogP contribution in [0.4, 0.5) is 24.5 Å². The van der Waals surface area contributed by atoms with Crippen LogP contribution in [-0.4, -0.2) is 45.9 Å². The molecule has 0 radical (unpaired) electrons. The minimum absolute atomic E-state index is 0.222. The lowest BCUT2D eigenvalue weighted by Gasteiger charge is -2.25. The SMILES string of the molecule is C[C@@](O)(C(=O)Nc1ccc(S(=O)(=O)c2ccccc2NS(C)(=O)=O)cc1Cl)C(F)(F)F. The van der Waals surface area contributed by atoms with E-state index in [1.54, 1.807) is 5.32 Å². The van der Waals surface area contributed by atoms with Gasteiger partial charge in [0.15, 0.2) is 0 Å². The lowest BCUT2D eigenvalue weighted by Crippen LogP contribution is -2.52. The smallest absolute Gasteiger partial charge is 0.373 e. The monoisotopic (exact) mass is 500 g/mol. The lowest BCUT2D eigenvalue weighted by atomic mass is 10.1. The van der Waals surface area contributed by atoms with Gasteiger partial charge in [-0.25, -0.2) is 16.8 Å². The third-order valence-corrected chi connectivity index (χ3v) is 6.68. The maximum atomic E-state index is 12.9. The van der Waals surface area contributed by atoms with E-state index in [-0.39, 0.29) is 18.3 Å². The summed E-state index contributed by atoms with van der Waals surface area (Å²) in [5, 5.41) is 10.8. The Kier molecular flexibility index (Phi) is 6.67. The van der Waals surface area contributed by atoms with Crippen molar-refractivity contribution >= 4 is 48.7 Å². The van der Waals surface area contributed by atoms with Gasteiger partial charge in [-0.05, 0) is 37.3 Å². The van der Waals surface area contributed by atoms with Crippen LogP contribution in [0, 0.1) is 0 Å². The van der Waals surface area contributed by atoms with E-state index < -0.39 is 52.4 Å². The summed E-state index contributed by atoms with van der Waals surface area (Å²) in [6.45, 7) is 0.251. The predicted octanol–water partition coefficient (Wildman–Crippen LogP) is 2.80. The van der Waals surface area contributed by atoms with Crippen molar-refractivity contribution in [2.75, 3.05) is 16.3 Å². The summed E-state index contributed by atoms with van der Waals surface area (Å²) in [5.41, 5.74) is -4.31. The van der Waals surface area contributed by atoms with Gasteiger partial charge >= 0.3 is 6.18 Å². The van der Waals surface area contributed by atoms with Gasteiger partial charge in [-0.1, -0.05) is 23.7 Å².